The Balaban J connectivity index is 2.81. The smallest absolute Gasteiger partial charge is 0.305 e. The molecule has 0 heterocycles. The maximum atomic E-state index is 12.6. The van der Waals surface area contributed by atoms with Gasteiger partial charge in [0.2, 0.25) is 5.91 Å². The van der Waals surface area contributed by atoms with Crippen LogP contribution >= 0.6 is 0 Å². The van der Waals surface area contributed by atoms with E-state index in [4.69, 9.17) is 10.8 Å². The molecule has 0 aromatic rings. The highest BCUT2D eigenvalue weighted by molar-refractivity contribution is 5.84. The number of nitrogens with two attached hydrogens (primary N) is 1. The van der Waals surface area contributed by atoms with Crippen molar-refractivity contribution in [3.8, 4) is 0 Å². The molecule has 5 heteroatoms. The van der Waals surface area contributed by atoms with Crippen LogP contribution in [0.1, 0.15) is 59.3 Å². The van der Waals surface area contributed by atoms with Crippen LogP contribution in [-0.2, 0) is 9.59 Å². The molecular formula is C15H28N2O3. The van der Waals surface area contributed by atoms with Crippen LogP contribution in [0.2, 0.25) is 0 Å². The van der Waals surface area contributed by atoms with Crippen LogP contribution in [0.15, 0.2) is 0 Å². The van der Waals surface area contributed by atoms with Gasteiger partial charge in [-0.2, -0.15) is 0 Å². The first-order valence-corrected chi connectivity index (χ1v) is 7.44. The number of amides is 1. The summed E-state index contributed by atoms with van der Waals surface area (Å²) in [4.78, 5) is 23.6. The molecule has 4 N–H and O–H groups in total. The van der Waals surface area contributed by atoms with Crippen molar-refractivity contribution in [1.29, 1.82) is 0 Å². The Kier molecular flexibility index (Phi) is 5.57. The Labute approximate surface area is 121 Å². The van der Waals surface area contributed by atoms with Crippen LogP contribution in [0.4, 0.5) is 0 Å². The Bertz CT molecular complexity index is 355. The Hall–Kier alpha value is -1.10. The molecule has 1 rings (SSSR count). The molecule has 0 aromatic carbocycles. The number of carbonyl (C=O) groups excluding carboxylic acids is 1. The number of hydrogen-bond donors (Lipinski definition) is 3. The van der Waals surface area contributed by atoms with Gasteiger partial charge in [-0.15, -0.1) is 0 Å². The van der Waals surface area contributed by atoms with Gasteiger partial charge in [-0.05, 0) is 18.3 Å². The van der Waals surface area contributed by atoms with Gasteiger partial charge < -0.3 is 16.2 Å². The van der Waals surface area contributed by atoms with E-state index in [-0.39, 0.29) is 23.8 Å². The lowest BCUT2D eigenvalue weighted by Gasteiger charge is -2.38. The average molecular weight is 284 g/mol. The first-order chi connectivity index (χ1) is 9.21. The molecule has 1 saturated carbocycles. The Morgan fingerprint density at radius 3 is 2.20 bits per heavy atom. The molecule has 0 spiro atoms. The Morgan fingerprint density at radius 1 is 1.25 bits per heavy atom. The van der Waals surface area contributed by atoms with Gasteiger partial charge in [0.1, 0.15) is 0 Å². The number of carbonyl (C=O) groups is 2. The summed E-state index contributed by atoms with van der Waals surface area (Å²) in [5.41, 5.74) is 5.06. The standard InChI is InChI=1S/C15H28N2O3/c1-14(2,3)11(9-12(18)19)17-13(20)15(10-16)7-5-4-6-8-15/h11H,4-10,16H2,1-3H3,(H,17,20)(H,18,19). The largest absolute Gasteiger partial charge is 0.481 e. The van der Waals surface area contributed by atoms with Gasteiger partial charge in [-0.3, -0.25) is 9.59 Å². The zero-order valence-electron chi connectivity index (χ0n) is 12.9. The van der Waals surface area contributed by atoms with Crippen molar-refractivity contribution in [2.24, 2.45) is 16.6 Å². The van der Waals surface area contributed by atoms with Gasteiger partial charge in [0.15, 0.2) is 0 Å². The normalized spacial score (nSPS) is 20.2. The van der Waals surface area contributed by atoms with Crippen molar-refractivity contribution in [3.63, 3.8) is 0 Å². The molecule has 1 fully saturated rings. The summed E-state index contributed by atoms with van der Waals surface area (Å²) < 4.78 is 0. The second-order valence-corrected chi connectivity index (χ2v) is 7.04. The minimum absolute atomic E-state index is 0.0596. The first-order valence-electron chi connectivity index (χ1n) is 7.44. The van der Waals surface area contributed by atoms with E-state index < -0.39 is 11.4 Å². The quantitative estimate of drug-likeness (QED) is 0.719. The molecule has 0 aromatic heterocycles. The van der Waals surface area contributed by atoms with Crippen molar-refractivity contribution in [1.82, 2.24) is 5.32 Å². The number of carboxylic acid groups (broad SMARTS) is 1. The fourth-order valence-corrected chi connectivity index (χ4v) is 2.81. The number of hydrogen-bond acceptors (Lipinski definition) is 3. The first kappa shape index (κ1) is 17.0. The second-order valence-electron chi connectivity index (χ2n) is 7.04. The van der Waals surface area contributed by atoms with Crippen molar-refractivity contribution in [2.75, 3.05) is 6.54 Å². The topological polar surface area (TPSA) is 92.4 Å². The van der Waals surface area contributed by atoms with Crippen LogP contribution in [0.5, 0.6) is 0 Å². The minimum atomic E-state index is -0.893. The maximum absolute atomic E-state index is 12.6. The van der Waals surface area contributed by atoms with Gasteiger partial charge >= 0.3 is 5.97 Å². The predicted molar refractivity (Wildman–Crippen MR) is 78.2 cm³/mol. The highest BCUT2D eigenvalue weighted by Crippen LogP contribution is 2.36. The van der Waals surface area contributed by atoms with Gasteiger partial charge in [-0.1, -0.05) is 40.0 Å². The van der Waals surface area contributed by atoms with Crippen LogP contribution in [-0.4, -0.2) is 29.6 Å². The van der Waals surface area contributed by atoms with E-state index in [1.807, 2.05) is 20.8 Å². The van der Waals surface area contributed by atoms with E-state index in [0.717, 1.165) is 32.1 Å². The van der Waals surface area contributed by atoms with Gasteiger partial charge in [0.25, 0.3) is 0 Å². The third kappa shape index (κ3) is 4.20. The summed E-state index contributed by atoms with van der Waals surface area (Å²) in [6.07, 6.45) is 4.73. The van der Waals surface area contributed by atoms with Gasteiger partial charge in [-0.25, -0.2) is 0 Å². The molecule has 1 amide bonds. The number of rotatable bonds is 5. The lowest BCUT2D eigenvalue weighted by molar-refractivity contribution is -0.139. The van der Waals surface area contributed by atoms with E-state index >= 15 is 0 Å². The second kappa shape index (κ2) is 6.57. The average Bonchev–Trinajstić information content (AvgIpc) is 2.37. The molecule has 0 saturated heterocycles. The molecule has 0 radical (unpaired) electrons. The number of nitrogens with one attached hydrogen (secondary N) is 1. The van der Waals surface area contributed by atoms with Crippen molar-refractivity contribution >= 4 is 11.9 Å². The van der Waals surface area contributed by atoms with Crippen LogP contribution in [0.3, 0.4) is 0 Å². The number of carboxylic acids is 1. The van der Waals surface area contributed by atoms with Crippen LogP contribution in [0.25, 0.3) is 0 Å². The summed E-state index contributed by atoms with van der Waals surface area (Å²) in [6, 6.07) is -0.377. The third-order valence-electron chi connectivity index (χ3n) is 4.41. The van der Waals surface area contributed by atoms with E-state index in [1.54, 1.807) is 0 Å². The predicted octanol–water partition coefficient (Wildman–Crippen LogP) is 1.90. The highest BCUT2D eigenvalue weighted by atomic mass is 16.4. The molecule has 1 aliphatic rings. The van der Waals surface area contributed by atoms with Gasteiger partial charge in [0, 0.05) is 12.6 Å². The monoisotopic (exact) mass is 284 g/mol. The lowest BCUT2D eigenvalue weighted by Crippen LogP contribution is -2.53. The third-order valence-corrected chi connectivity index (χ3v) is 4.41. The molecule has 1 aliphatic carbocycles. The Morgan fingerprint density at radius 2 is 1.80 bits per heavy atom. The summed E-state index contributed by atoms with van der Waals surface area (Å²) in [5, 5.41) is 12.0. The summed E-state index contributed by atoms with van der Waals surface area (Å²) in [5.74, 6) is -0.962. The molecule has 5 nitrogen and oxygen atoms in total. The fourth-order valence-electron chi connectivity index (χ4n) is 2.81. The number of aliphatic carboxylic acids is 1. The van der Waals surface area contributed by atoms with E-state index in [1.165, 1.54) is 0 Å². The van der Waals surface area contributed by atoms with Crippen LogP contribution < -0.4 is 11.1 Å². The van der Waals surface area contributed by atoms with Gasteiger partial charge in [0.05, 0.1) is 11.8 Å². The molecular weight excluding hydrogens is 256 g/mol. The van der Waals surface area contributed by atoms with E-state index in [9.17, 15) is 9.59 Å². The lowest BCUT2D eigenvalue weighted by atomic mass is 9.72. The summed E-state index contributed by atoms with van der Waals surface area (Å²) >= 11 is 0. The summed E-state index contributed by atoms with van der Waals surface area (Å²) in [7, 11) is 0. The molecule has 1 unspecified atom stereocenters. The van der Waals surface area contributed by atoms with Crippen molar-refractivity contribution in [2.45, 2.75) is 65.3 Å². The zero-order valence-corrected chi connectivity index (χ0v) is 12.9. The minimum Gasteiger partial charge on any atom is -0.481 e. The molecule has 20 heavy (non-hydrogen) atoms. The maximum Gasteiger partial charge on any atom is 0.305 e. The highest BCUT2D eigenvalue weighted by Gasteiger charge is 2.40. The molecule has 0 aliphatic heterocycles. The molecule has 116 valence electrons. The van der Waals surface area contributed by atoms with Crippen molar-refractivity contribution in [3.05, 3.63) is 0 Å². The zero-order chi connectivity index (χ0) is 15.4. The fraction of sp³-hybridized carbons (Fsp3) is 0.867. The van der Waals surface area contributed by atoms with Crippen LogP contribution in [0, 0.1) is 10.8 Å². The molecule has 1 atom stereocenters. The summed E-state index contributed by atoms with van der Waals surface area (Å²) in [6.45, 7) is 6.16. The van der Waals surface area contributed by atoms with Crippen molar-refractivity contribution < 1.29 is 14.7 Å². The van der Waals surface area contributed by atoms with E-state index in [2.05, 4.69) is 5.32 Å². The van der Waals surface area contributed by atoms with E-state index in [0.29, 0.717) is 6.54 Å². The SMILES string of the molecule is CC(C)(C)C(CC(=O)O)NC(=O)C1(CN)CCCCC1. The molecule has 0 bridgehead atoms.